The molecule has 6 fully saturated rings. The van der Waals surface area contributed by atoms with E-state index in [9.17, 15) is 0 Å². The Balaban J connectivity index is 0.000000124. The Morgan fingerprint density at radius 2 is 1.00 bits per heavy atom. The van der Waals surface area contributed by atoms with Crippen molar-refractivity contribution in [3.63, 3.8) is 0 Å². The second kappa shape index (κ2) is 7.92. The van der Waals surface area contributed by atoms with Crippen LogP contribution in [-0.2, 0) is 0 Å². The molecule has 0 saturated heterocycles. The summed E-state index contributed by atoms with van der Waals surface area (Å²) in [6.45, 7) is 6.50. The van der Waals surface area contributed by atoms with Gasteiger partial charge < -0.3 is 0 Å². The van der Waals surface area contributed by atoms with Crippen LogP contribution in [-0.4, -0.2) is 0 Å². The van der Waals surface area contributed by atoms with E-state index in [-0.39, 0.29) is 0 Å². The van der Waals surface area contributed by atoms with E-state index < -0.39 is 0 Å². The van der Waals surface area contributed by atoms with E-state index in [1.807, 2.05) is 13.8 Å². The van der Waals surface area contributed by atoms with Crippen LogP contribution < -0.4 is 0 Å². The van der Waals surface area contributed by atoms with Crippen molar-refractivity contribution in [2.75, 3.05) is 0 Å². The van der Waals surface area contributed by atoms with E-state index in [1.165, 1.54) is 50.4 Å². The predicted octanol–water partition coefficient (Wildman–Crippen LogP) is 7.62. The molecule has 0 aromatic heterocycles. The lowest BCUT2D eigenvalue weighted by atomic mass is 9.63. The van der Waals surface area contributed by atoms with Crippen LogP contribution in [0.25, 0.3) is 0 Å². The van der Waals surface area contributed by atoms with Crippen LogP contribution in [0, 0.1) is 35.0 Å². The maximum Gasteiger partial charge on any atom is -0.0323 e. The minimum absolute atomic E-state index is 0.779. The number of rotatable bonds is 0. The molecule has 6 rings (SSSR count). The molecule has 0 atom stereocenters. The van der Waals surface area contributed by atoms with Crippen molar-refractivity contribution < 1.29 is 0 Å². The smallest absolute Gasteiger partial charge is 0.0323 e. The Morgan fingerprint density at radius 3 is 1.39 bits per heavy atom. The molecule has 0 unspecified atom stereocenters. The van der Waals surface area contributed by atoms with Gasteiger partial charge in [0.25, 0.3) is 0 Å². The van der Waals surface area contributed by atoms with Gasteiger partial charge in [-0.3, -0.25) is 0 Å². The molecule has 6 bridgehead atoms. The largest absolute Gasteiger partial charge is 0.0683 e. The van der Waals surface area contributed by atoms with Gasteiger partial charge in [-0.2, -0.15) is 0 Å². The molecule has 0 nitrogen and oxygen atoms in total. The first kappa shape index (κ1) is 17.8. The molecular formula is C23H42. The first-order valence-electron chi connectivity index (χ1n) is 11.2. The Morgan fingerprint density at radius 1 is 0.565 bits per heavy atom. The Kier molecular flexibility index (Phi) is 6.13. The molecule has 0 aromatic carbocycles. The van der Waals surface area contributed by atoms with Gasteiger partial charge >= 0.3 is 0 Å². The van der Waals surface area contributed by atoms with E-state index in [4.69, 9.17) is 0 Å². The Bertz CT molecular complexity index is 313. The van der Waals surface area contributed by atoms with Gasteiger partial charge in [-0.05, 0) is 86.4 Å². The zero-order valence-corrected chi connectivity index (χ0v) is 16.3. The fourth-order valence-electron chi connectivity index (χ4n) is 7.08. The third kappa shape index (κ3) is 4.55. The Labute approximate surface area is 146 Å². The molecule has 0 N–H and O–H groups in total. The standard InChI is InChI=1S/C11H18.C10H18.C2H6/c1-2-9-5-10-3-8(1)4-11(6-9)7-10;1-10-6-2-4-9(8-10)5-3-7-10;1-2/h8-11H,1-7H2;9H,2-8H2,1H3;1-2H3. The molecule has 0 radical (unpaired) electrons. The molecule has 23 heavy (non-hydrogen) atoms. The van der Waals surface area contributed by atoms with Gasteiger partial charge in [-0.1, -0.05) is 59.3 Å². The van der Waals surface area contributed by atoms with Crippen LogP contribution in [0.2, 0.25) is 0 Å². The van der Waals surface area contributed by atoms with Crippen LogP contribution in [0.1, 0.15) is 111 Å². The topological polar surface area (TPSA) is 0 Å². The summed E-state index contributed by atoms with van der Waals surface area (Å²) in [5.74, 6) is 5.77. The van der Waals surface area contributed by atoms with E-state index in [2.05, 4.69) is 6.92 Å². The lowest BCUT2D eigenvalue weighted by molar-refractivity contribution is 0.0960. The molecule has 0 aromatic rings. The molecule has 6 aliphatic carbocycles. The molecule has 0 amide bonds. The van der Waals surface area contributed by atoms with E-state index in [0.717, 1.165) is 23.2 Å². The third-order valence-corrected chi connectivity index (χ3v) is 7.88. The highest BCUT2D eigenvalue weighted by Gasteiger charge is 2.39. The average molecular weight is 319 g/mol. The van der Waals surface area contributed by atoms with Crippen molar-refractivity contribution in [2.45, 2.75) is 111 Å². The zero-order chi connectivity index (χ0) is 16.3. The molecule has 6 aliphatic rings. The lowest BCUT2D eigenvalue weighted by Gasteiger charge is -2.42. The molecule has 0 heterocycles. The van der Waals surface area contributed by atoms with Gasteiger partial charge in [-0.25, -0.2) is 0 Å². The van der Waals surface area contributed by atoms with Crippen LogP contribution >= 0.6 is 0 Å². The summed E-state index contributed by atoms with van der Waals surface area (Å²) in [5.41, 5.74) is 0.779. The van der Waals surface area contributed by atoms with Crippen LogP contribution in [0.5, 0.6) is 0 Å². The summed E-state index contributed by atoms with van der Waals surface area (Å²) in [5, 5.41) is 0. The number of fused-ring (bicyclic) bond motifs is 3. The van der Waals surface area contributed by atoms with Gasteiger partial charge in [0.15, 0.2) is 0 Å². The van der Waals surface area contributed by atoms with Crippen LogP contribution in [0.4, 0.5) is 0 Å². The summed E-state index contributed by atoms with van der Waals surface area (Å²) in [7, 11) is 0. The highest BCUT2D eigenvalue weighted by Crippen LogP contribution is 2.51. The van der Waals surface area contributed by atoms with Gasteiger partial charge in [-0.15, -0.1) is 0 Å². The second-order valence-electron chi connectivity index (χ2n) is 9.89. The highest BCUT2D eigenvalue weighted by atomic mass is 14.4. The van der Waals surface area contributed by atoms with Crippen molar-refractivity contribution in [3.8, 4) is 0 Å². The summed E-state index contributed by atoms with van der Waals surface area (Å²) < 4.78 is 0. The maximum atomic E-state index is 2.50. The van der Waals surface area contributed by atoms with Crippen molar-refractivity contribution in [3.05, 3.63) is 0 Å². The average Bonchev–Trinajstić information content (AvgIpc) is 2.76. The van der Waals surface area contributed by atoms with Gasteiger partial charge in [0.05, 0.1) is 0 Å². The van der Waals surface area contributed by atoms with Gasteiger partial charge in [0.2, 0.25) is 0 Å². The summed E-state index contributed by atoms with van der Waals surface area (Å²) in [4.78, 5) is 0. The summed E-state index contributed by atoms with van der Waals surface area (Å²) in [6, 6.07) is 0. The zero-order valence-electron chi connectivity index (χ0n) is 16.3. The predicted molar refractivity (Wildman–Crippen MR) is 102 cm³/mol. The van der Waals surface area contributed by atoms with Crippen molar-refractivity contribution in [2.24, 2.45) is 35.0 Å². The minimum atomic E-state index is 0.779. The summed E-state index contributed by atoms with van der Waals surface area (Å²) >= 11 is 0. The fraction of sp³-hybridized carbons (Fsp3) is 1.00. The van der Waals surface area contributed by atoms with E-state index >= 15 is 0 Å². The molecule has 0 spiro atoms. The first-order chi connectivity index (χ1) is 11.2. The monoisotopic (exact) mass is 318 g/mol. The lowest BCUT2D eigenvalue weighted by Crippen LogP contribution is -2.29. The van der Waals surface area contributed by atoms with E-state index in [0.29, 0.717) is 0 Å². The Hall–Kier alpha value is 0. The van der Waals surface area contributed by atoms with Crippen LogP contribution in [0.3, 0.4) is 0 Å². The maximum absolute atomic E-state index is 2.50. The van der Waals surface area contributed by atoms with Crippen LogP contribution in [0.15, 0.2) is 0 Å². The molecule has 0 heteroatoms. The molecule has 6 saturated carbocycles. The number of hydrogen-bond acceptors (Lipinski definition) is 0. The summed E-state index contributed by atoms with van der Waals surface area (Å²) in [6.07, 6.45) is 21.9. The highest BCUT2D eigenvalue weighted by molar-refractivity contribution is 4.90. The van der Waals surface area contributed by atoms with Gasteiger partial charge in [0, 0.05) is 0 Å². The molecule has 134 valence electrons. The minimum Gasteiger partial charge on any atom is -0.0683 e. The third-order valence-electron chi connectivity index (χ3n) is 7.88. The fourth-order valence-corrected chi connectivity index (χ4v) is 7.08. The van der Waals surface area contributed by atoms with Crippen molar-refractivity contribution in [1.82, 2.24) is 0 Å². The first-order valence-corrected chi connectivity index (χ1v) is 11.2. The quantitative estimate of drug-likeness (QED) is 0.431. The molecule has 0 aliphatic heterocycles. The normalized spacial score (nSPS) is 46.8. The van der Waals surface area contributed by atoms with Crippen molar-refractivity contribution >= 4 is 0 Å². The van der Waals surface area contributed by atoms with Gasteiger partial charge in [0.1, 0.15) is 0 Å². The SMILES string of the molecule is C1CC2CC3CC1CC(C2)C3.CC.CC12CCCC(CCC1)C2. The molecular weight excluding hydrogens is 276 g/mol. The van der Waals surface area contributed by atoms with Crippen molar-refractivity contribution in [1.29, 1.82) is 0 Å². The number of hydrogen-bond donors (Lipinski definition) is 0. The van der Waals surface area contributed by atoms with E-state index in [1.54, 1.807) is 51.4 Å². The second-order valence-corrected chi connectivity index (χ2v) is 9.89.